The van der Waals surface area contributed by atoms with Crippen molar-refractivity contribution in [1.82, 2.24) is 0 Å². The third kappa shape index (κ3) is 3.09. The number of benzene rings is 2. The highest BCUT2D eigenvalue weighted by atomic mass is 79.9. The number of halogens is 1. The Labute approximate surface area is 135 Å². The average molecular weight is 348 g/mol. The van der Waals surface area contributed by atoms with Crippen molar-refractivity contribution in [2.75, 3.05) is 5.32 Å². The van der Waals surface area contributed by atoms with E-state index in [4.69, 9.17) is 4.74 Å². The topological polar surface area (TPSA) is 21.3 Å². The number of rotatable bonds is 2. The summed E-state index contributed by atoms with van der Waals surface area (Å²) in [5.41, 5.74) is 0.935. The largest absolute Gasteiger partial charge is 0.379 e. The van der Waals surface area contributed by atoms with Crippen LogP contribution in [0.5, 0.6) is 0 Å². The van der Waals surface area contributed by atoms with E-state index in [1.165, 1.54) is 10.8 Å². The number of ether oxygens (including phenoxy) is 1. The van der Waals surface area contributed by atoms with Crippen molar-refractivity contribution in [1.29, 1.82) is 0 Å². The summed E-state index contributed by atoms with van der Waals surface area (Å²) in [6.45, 7) is 8.65. The Morgan fingerprint density at radius 2 is 1.71 bits per heavy atom. The standard InChI is InChI=1S/C18H22BrNO/c1-17(2)11-16(18(3,4)21-17)20-15-8-6-12-9-14(19)7-5-13(12)10-15/h5-10,16,20H,11H2,1-4H3. The van der Waals surface area contributed by atoms with Gasteiger partial charge < -0.3 is 10.1 Å². The van der Waals surface area contributed by atoms with E-state index in [1.54, 1.807) is 0 Å². The Hall–Kier alpha value is -1.06. The lowest BCUT2D eigenvalue weighted by molar-refractivity contribution is -0.0662. The zero-order valence-corrected chi connectivity index (χ0v) is 14.6. The molecule has 1 saturated heterocycles. The Bertz CT molecular complexity index is 678. The van der Waals surface area contributed by atoms with Crippen LogP contribution in [0.4, 0.5) is 5.69 Å². The van der Waals surface area contributed by atoms with Crippen LogP contribution in [0.3, 0.4) is 0 Å². The SMILES string of the molecule is CC1(C)CC(Nc2ccc3cc(Br)ccc3c2)C(C)(C)O1. The maximum atomic E-state index is 6.16. The molecule has 2 nitrogen and oxygen atoms in total. The number of nitrogens with one attached hydrogen (secondary N) is 1. The lowest BCUT2D eigenvalue weighted by Gasteiger charge is -2.28. The van der Waals surface area contributed by atoms with Crippen molar-refractivity contribution in [2.45, 2.75) is 51.4 Å². The molecule has 1 aliphatic rings. The molecule has 112 valence electrons. The molecule has 1 atom stereocenters. The minimum Gasteiger partial charge on any atom is -0.379 e. The van der Waals surface area contributed by atoms with E-state index in [2.05, 4.69) is 85.3 Å². The molecule has 0 bridgehead atoms. The maximum absolute atomic E-state index is 6.16. The van der Waals surface area contributed by atoms with Crippen LogP contribution in [0.25, 0.3) is 10.8 Å². The maximum Gasteiger partial charge on any atom is 0.0834 e. The third-order valence-corrected chi connectivity index (χ3v) is 4.71. The molecule has 0 spiro atoms. The zero-order valence-electron chi connectivity index (χ0n) is 13.0. The van der Waals surface area contributed by atoms with Crippen LogP contribution in [0.2, 0.25) is 0 Å². The van der Waals surface area contributed by atoms with Crippen molar-refractivity contribution in [3.8, 4) is 0 Å². The van der Waals surface area contributed by atoms with Crippen molar-refractivity contribution < 1.29 is 4.74 Å². The van der Waals surface area contributed by atoms with Gasteiger partial charge in [0.25, 0.3) is 0 Å². The third-order valence-electron chi connectivity index (χ3n) is 4.22. The number of hydrogen-bond acceptors (Lipinski definition) is 2. The summed E-state index contributed by atoms with van der Waals surface area (Å²) in [5.74, 6) is 0. The quantitative estimate of drug-likeness (QED) is 0.789. The molecule has 21 heavy (non-hydrogen) atoms. The number of fused-ring (bicyclic) bond motifs is 1. The number of anilines is 1. The second-order valence-electron chi connectivity index (χ2n) is 7.07. The average Bonchev–Trinajstić information content (AvgIpc) is 2.57. The molecule has 0 aromatic heterocycles. The molecule has 2 aromatic rings. The van der Waals surface area contributed by atoms with Gasteiger partial charge in [0, 0.05) is 10.2 Å². The van der Waals surface area contributed by atoms with Gasteiger partial charge in [-0.05, 0) is 69.2 Å². The molecular weight excluding hydrogens is 326 g/mol. The zero-order chi connectivity index (χ0) is 15.3. The van der Waals surface area contributed by atoms with Gasteiger partial charge in [0.05, 0.1) is 17.2 Å². The van der Waals surface area contributed by atoms with Crippen LogP contribution < -0.4 is 5.32 Å². The highest BCUT2D eigenvalue weighted by molar-refractivity contribution is 9.10. The fraction of sp³-hybridized carbons (Fsp3) is 0.444. The molecule has 1 heterocycles. The van der Waals surface area contributed by atoms with Crippen LogP contribution in [0, 0.1) is 0 Å². The smallest absolute Gasteiger partial charge is 0.0834 e. The van der Waals surface area contributed by atoms with Crippen LogP contribution >= 0.6 is 15.9 Å². The molecule has 1 N–H and O–H groups in total. The van der Waals surface area contributed by atoms with E-state index < -0.39 is 0 Å². The van der Waals surface area contributed by atoms with E-state index in [0.29, 0.717) is 6.04 Å². The fourth-order valence-corrected chi connectivity index (χ4v) is 3.67. The molecular formula is C18H22BrNO. The molecule has 0 amide bonds. The van der Waals surface area contributed by atoms with Gasteiger partial charge in [0.1, 0.15) is 0 Å². The number of hydrogen-bond donors (Lipinski definition) is 1. The Morgan fingerprint density at radius 3 is 2.38 bits per heavy atom. The van der Waals surface area contributed by atoms with Crippen LogP contribution in [0.1, 0.15) is 34.1 Å². The first-order chi connectivity index (χ1) is 9.75. The highest BCUT2D eigenvalue weighted by Gasteiger charge is 2.45. The van der Waals surface area contributed by atoms with Gasteiger partial charge in [-0.1, -0.05) is 28.1 Å². The molecule has 3 rings (SSSR count). The Kier molecular flexibility index (Phi) is 3.53. The monoisotopic (exact) mass is 347 g/mol. The minimum atomic E-state index is -0.155. The molecule has 1 aliphatic heterocycles. The highest BCUT2D eigenvalue weighted by Crippen LogP contribution is 2.39. The summed E-state index contributed by atoms with van der Waals surface area (Å²) in [5, 5.41) is 6.15. The van der Waals surface area contributed by atoms with Gasteiger partial charge in [0.15, 0.2) is 0 Å². The summed E-state index contributed by atoms with van der Waals surface area (Å²) in [7, 11) is 0. The van der Waals surface area contributed by atoms with Gasteiger partial charge >= 0.3 is 0 Å². The molecule has 3 heteroatoms. The fourth-order valence-electron chi connectivity index (χ4n) is 3.29. The summed E-state index contributed by atoms with van der Waals surface area (Å²) in [6, 6.07) is 13.2. The van der Waals surface area contributed by atoms with E-state index in [0.717, 1.165) is 16.6 Å². The first-order valence-electron chi connectivity index (χ1n) is 7.41. The molecule has 0 aliphatic carbocycles. The summed E-state index contributed by atoms with van der Waals surface area (Å²) >= 11 is 3.52. The second kappa shape index (κ2) is 4.99. The van der Waals surface area contributed by atoms with Crippen molar-refractivity contribution >= 4 is 32.4 Å². The van der Waals surface area contributed by atoms with E-state index in [1.807, 2.05) is 0 Å². The van der Waals surface area contributed by atoms with Crippen LogP contribution in [0.15, 0.2) is 40.9 Å². The van der Waals surface area contributed by atoms with E-state index >= 15 is 0 Å². The molecule has 1 fully saturated rings. The van der Waals surface area contributed by atoms with Crippen molar-refractivity contribution in [3.63, 3.8) is 0 Å². The summed E-state index contributed by atoms with van der Waals surface area (Å²) < 4.78 is 7.27. The Morgan fingerprint density at radius 1 is 1.05 bits per heavy atom. The molecule has 1 unspecified atom stereocenters. The predicted molar refractivity (Wildman–Crippen MR) is 92.9 cm³/mol. The van der Waals surface area contributed by atoms with Crippen LogP contribution in [-0.2, 0) is 4.74 Å². The van der Waals surface area contributed by atoms with Crippen molar-refractivity contribution in [3.05, 3.63) is 40.9 Å². The molecule has 0 radical (unpaired) electrons. The second-order valence-corrected chi connectivity index (χ2v) is 7.99. The normalized spacial score (nSPS) is 23.4. The minimum absolute atomic E-state index is 0.0666. The van der Waals surface area contributed by atoms with Gasteiger partial charge in [-0.15, -0.1) is 0 Å². The van der Waals surface area contributed by atoms with Gasteiger partial charge in [-0.2, -0.15) is 0 Å². The lowest BCUT2D eigenvalue weighted by Crippen LogP contribution is -2.38. The molecule has 0 saturated carbocycles. The van der Waals surface area contributed by atoms with Gasteiger partial charge in [0.2, 0.25) is 0 Å². The first-order valence-corrected chi connectivity index (χ1v) is 8.21. The van der Waals surface area contributed by atoms with E-state index in [-0.39, 0.29) is 11.2 Å². The van der Waals surface area contributed by atoms with E-state index in [9.17, 15) is 0 Å². The Balaban J connectivity index is 1.87. The summed E-state index contributed by atoms with van der Waals surface area (Å²) in [6.07, 6.45) is 1.01. The van der Waals surface area contributed by atoms with Gasteiger partial charge in [-0.25, -0.2) is 0 Å². The van der Waals surface area contributed by atoms with Crippen molar-refractivity contribution in [2.24, 2.45) is 0 Å². The first kappa shape index (κ1) is 14.9. The summed E-state index contributed by atoms with van der Waals surface area (Å²) in [4.78, 5) is 0. The van der Waals surface area contributed by atoms with Crippen LogP contribution in [-0.4, -0.2) is 17.2 Å². The lowest BCUT2D eigenvalue weighted by atomic mass is 9.94. The molecule has 2 aromatic carbocycles. The predicted octanol–water partition coefficient (Wildman–Crippen LogP) is 5.36. The van der Waals surface area contributed by atoms with Gasteiger partial charge in [-0.3, -0.25) is 0 Å².